The highest BCUT2D eigenvalue weighted by Gasteiger charge is 2.10. The molecule has 0 bridgehead atoms. The largest absolute Gasteiger partial charge is 0.384 e. The van der Waals surface area contributed by atoms with E-state index in [2.05, 4.69) is 27.9 Å². The zero-order valence-electron chi connectivity index (χ0n) is 12.8. The van der Waals surface area contributed by atoms with Gasteiger partial charge in [-0.25, -0.2) is 4.79 Å². The summed E-state index contributed by atoms with van der Waals surface area (Å²) in [7, 11) is 3.32. The van der Waals surface area contributed by atoms with Gasteiger partial charge in [0.05, 0.1) is 11.3 Å². The molecule has 0 spiro atoms. The van der Waals surface area contributed by atoms with E-state index in [4.69, 9.17) is 0 Å². The Labute approximate surface area is 125 Å². The summed E-state index contributed by atoms with van der Waals surface area (Å²) >= 11 is 0. The van der Waals surface area contributed by atoms with Crippen LogP contribution in [0.2, 0.25) is 0 Å². The standard InChI is InChI=1S/C14H23N5O2/c1-4-6-16-12-5-7-15-10-11(12)13(20)17-8-9-18-14(21)19(2)3/h5,7,10H,4,6,8-9H2,1-3H3,(H,15,16)(H,17,20)(H,18,21). The summed E-state index contributed by atoms with van der Waals surface area (Å²) in [4.78, 5) is 28.8. The molecule has 0 saturated heterocycles. The van der Waals surface area contributed by atoms with Crippen LogP contribution in [0.4, 0.5) is 10.5 Å². The van der Waals surface area contributed by atoms with Crippen LogP contribution >= 0.6 is 0 Å². The molecule has 0 aromatic carbocycles. The fraction of sp³-hybridized carbons (Fsp3) is 0.500. The molecule has 0 unspecified atom stereocenters. The maximum atomic E-state index is 12.1. The molecule has 7 heteroatoms. The first kappa shape index (κ1) is 16.7. The molecular formula is C14H23N5O2. The van der Waals surface area contributed by atoms with E-state index in [9.17, 15) is 9.59 Å². The van der Waals surface area contributed by atoms with Gasteiger partial charge >= 0.3 is 6.03 Å². The average molecular weight is 293 g/mol. The van der Waals surface area contributed by atoms with Crippen LogP contribution in [0.1, 0.15) is 23.7 Å². The molecule has 21 heavy (non-hydrogen) atoms. The van der Waals surface area contributed by atoms with Crippen LogP contribution in [0.3, 0.4) is 0 Å². The molecule has 0 radical (unpaired) electrons. The Kier molecular flexibility index (Phi) is 7.00. The Morgan fingerprint density at radius 2 is 1.90 bits per heavy atom. The normalized spacial score (nSPS) is 9.86. The Morgan fingerprint density at radius 1 is 1.19 bits per heavy atom. The second kappa shape index (κ2) is 8.78. The van der Waals surface area contributed by atoms with Crippen LogP contribution in [0, 0.1) is 0 Å². The van der Waals surface area contributed by atoms with Crippen LogP contribution in [-0.2, 0) is 0 Å². The van der Waals surface area contributed by atoms with Gasteiger partial charge in [-0.3, -0.25) is 9.78 Å². The van der Waals surface area contributed by atoms with Crippen molar-refractivity contribution in [1.29, 1.82) is 0 Å². The Bertz CT molecular complexity index is 476. The monoisotopic (exact) mass is 293 g/mol. The first-order valence-electron chi connectivity index (χ1n) is 6.97. The van der Waals surface area contributed by atoms with Crippen molar-refractivity contribution >= 4 is 17.6 Å². The number of anilines is 1. The number of urea groups is 1. The maximum Gasteiger partial charge on any atom is 0.316 e. The highest BCUT2D eigenvalue weighted by Crippen LogP contribution is 2.13. The van der Waals surface area contributed by atoms with Crippen molar-refractivity contribution in [3.63, 3.8) is 0 Å². The number of amides is 3. The Morgan fingerprint density at radius 3 is 2.57 bits per heavy atom. The number of hydrogen-bond donors (Lipinski definition) is 3. The molecule has 1 rings (SSSR count). The van der Waals surface area contributed by atoms with Crippen LogP contribution < -0.4 is 16.0 Å². The minimum atomic E-state index is -0.208. The highest BCUT2D eigenvalue weighted by atomic mass is 16.2. The fourth-order valence-electron chi connectivity index (χ4n) is 1.59. The number of nitrogens with one attached hydrogen (secondary N) is 3. The lowest BCUT2D eigenvalue weighted by Gasteiger charge is -2.13. The molecule has 0 aliphatic carbocycles. The molecule has 0 aliphatic heterocycles. The summed E-state index contributed by atoms with van der Waals surface area (Å²) in [5.74, 6) is -0.208. The molecule has 3 N–H and O–H groups in total. The lowest BCUT2D eigenvalue weighted by atomic mass is 10.2. The van der Waals surface area contributed by atoms with Crippen LogP contribution in [0.5, 0.6) is 0 Å². The van der Waals surface area contributed by atoms with Gasteiger partial charge in [0.2, 0.25) is 0 Å². The van der Waals surface area contributed by atoms with Gasteiger partial charge in [-0.2, -0.15) is 0 Å². The predicted octanol–water partition coefficient (Wildman–Crippen LogP) is 0.904. The molecular weight excluding hydrogens is 270 g/mol. The summed E-state index contributed by atoms with van der Waals surface area (Å²) in [5.41, 5.74) is 1.27. The number of pyridine rings is 1. The predicted molar refractivity (Wildman–Crippen MR) is 82.4 cm³/mol. The Balaban J connectivity index is 2.46. The van der Waals surface area contributed by atoms with E-state index in [0.29, 0.717) is 18.7 Å². The van der Waals surface area contributed by atoms with Crippen LogP contribution in [0.15, 0.2) is 18.5 Å². The van der Waals surface area contributed by atoms with Crippen molar-refractivity contribution in [2.24, 2.45) is 0 Å². The molecule has 3 amide bonds. The van der Waals surface area contributed by atoms with Gasteiger partial charge in [-0.05, 0) is 12.5 Å². The number of carbonyl (C=O) groups excluding carboxylic acids is 2. The quantitative estimate of drug-likeness (QED) is 0.652. The number of rotatable bonds is 7. The second-order valence-electron chi connectivity index (χ2n) is 4.73. The van der Waals surface area contributed by atoms with Crippen molar-refractivity contribution in [3.8, 4) is 0 Å². The van der Waals surface area contributed by atoms with E-state index in [-0.39, 0.29) is 11.9 Å². The van der Waals surface area contributed by atoms with E-state index >= 15 is 0 Å². The summed E-state index contributed by atoms with van der Waals surface area (Å²) in [5, 5.41) is 8.63. The number of carbonyl (C=O) groups is 2. The molecule has 0 fully saturated rings. The molecule has 1 heterocycles. The lowest BCUT2D eigenvalue weighted by molar-refractivity contribution is 0.0954. The topological polar surface area (TPSA) is 86.4 Å². The molecule has 0 saturated carbocycles. The molecule has 0 aliphatic rings. The van der Waals surface area contributed by atoms with Crippen LogP contribution in [-0.4, -0.2) is 55.6 Å². The smallest absolute Gasteiger partial charge is 0.316 e. The minimum Gasteiger partial charge on any atom is -0.384 e. The fourth-order valence-corrected chi connectivity index (χ4v) is 1.59. The van der Waals surface area contributed by atoms with Crippen molar-refractivity contribution in [3.05, 3.63) is 24.0 Å². The Hall–Kier alpha value is -2.31. The molecule has 7 nitrogen and oxygen atoms in total. The minimum absolute atomic E-state index is 0.184. The van der Waals surface area contributed by atoms with Gasteiger partial charge in [-0.15, -0.1) is 0 Å². The van der Waals surface area contributed by atoms with E-state index in [1.165, 1.54) is 11.1 Å². The third-order valence-electron chi connectivity index (χ3n) is 2.72. The third kappa shape index (κ3) is 5.68. The lowest BCUT2D eigenvalue weighted by Crippen LogP contribution is -2.39. The summed E-state index contributed by atoms with van der Waals surface area (Å²) in [6, 6.07) is 1.59. The highest BCUT2D eigenvalue weighted by molar-refractivity contribution is 5.99. The van der Waals surface area contributed by atoms with Crippen molar-refractivity contribution in [1.82, 2.24) is 20.5 Å². The number of hydrogen-bond acceptors (Lipinski definition) is 4. The average Bonchev–Trinajstić information content (AvgIpc) is 2.49. The molecule has 0 atom stereocenters. The number of nitrogens with zero attached hydrogens (tertiary/aromatic N) is 2. The molecule has 1 aromatic heterocycles. The van der Waals surface area contributed by atoms with Gasteiger partial charge in [0.25, 0.3) is 5.91 Å². The maximum absolute atomic E-state index is 12.1. The van der Waals surface area contributed by atoms with Crippen molar-refractivity contribution in [2.75, 3.05) is 39.0 Å². The van der Waals surface area contributed by atoms with E-state index in [1.54, 1.807) is 26.4 Å². The van der Waals surface area contributed by atoms with E-state index in [1.807, 2.05) is 0 Å². The second-order valence-corrected chi connectivity index (χ2v) is 4.73. The van der Waals surface area contributed by atoms with E-state index < -0.39 is 0 Å². The first-order valence-corrected chi connectivity index (χ1v) is 6.97. The van der Waals surface area contributed by atoms with Gasteiger partial charge in [0, 0.05) is 46.1 Å². The van der Waals surface area contributed by atoms with E-state index in [0.717, 1.165) is 18.7 Å². The zero-order chi connectivity index (χ0) is 15.7. The molecule has 116 valence electrons. The zero-order valence-corrected chi connectivity index (χ0v) is 12.8. The summed E-state index contributed by atoms with van der Waals surface area (Å²) in [6.07, 6.45) is 4.15. The SMILES string of the molecule is CCCNc1ccncc1C(=O)NCCNC(=O)N(C)C. The van der Waals surface area contributed by atoms with Crippen LogP contribution in [0.25, 0.3) is 0 Å². The van der Waals surface area contributed by atoms with Crippen molar-refractivity contribution < 1.29 is 9.59 Å². The van der Waals surface area contributed by atoms with Gasteiger partial charge in [0.15, 0.2) is 0 Å². The summed E-state index contributed by atoms with van der Waals surface area (Å²) in [6.45, 7) is 3.59. The molecule has 1 aromatic rings. The summed E-state index contributed by atoms with van der Waals surface area (Å²) < 4.78 is 0. The first-order chi connectivity index (χ1) is 10.1. The van der Waals surface area contributed by atoms with Gasteiger partial charge < -0.3 is 20.9 Å². The van der Waals surface area contributed by atoms with Crippen molar-refractivity contribution in [2.45, 2.75) is 13.3 Å². The van der Waals surface area contributed by atoms with Gasteiger partial charge in [-0.1, -0.05) is 6.92 Å². The van der Waals surface area contributed by atoms with Gasteiger partial charge in [0.1, 0.15) is 0 Å². The third-order valence-corrected chi connectivity index (χ3v) is 2.72. The number of aromatic nitrogens is 1.